The lowest BCUT2D eigenvalue weighted by Gasteiger charge is -2.24. The van der Waals surface area contributed by atoms with Gasteiger partial charge in [0.1, 0.15) is 0 Å². The second-order valence-electron chi connectivity index (χ2n) is 5.53. The maximum Gasteiger partial charge on any atom is 0.287 e. The minimum absolute atomic E-state index is 0.138. The third-order valence-corrected chi connectivity index (χ3v) is 2.89. The molecule has 0 radical (unpaired) electrons. The van der Waals surface area contributed by atoms with E-state index in [9.17, 15) is 19.2 Å². The summed E-state index contributed by atoms with van der Waals surface area (Å²) < 4.78 is 5.10. The quantitative estimate of drug-likeness (QED) is 0.630. The van der Waals surface area contributed by atoms with Gasteiger partial charge in [0.25, 0.3) is 11.8 Å². The van der Waals surface area contributed by atoms with E-state index < -0.39 is 28.9 Å². The van der Waals surface area contributed by atoms with Crippen molar-refractivity contribution in [3.8, 4) is 0 Å². The van der Waals surface area contributed by atoms with E-state index in [4.69, 9.17) is 4.74 Å². The van der Waals surface area contributed by atoms with Crippen LogP contribution < -0.4 is 10.6 Å². The van der Waals surface area contributed by atoms with Crippen LogP contribution in [0, 0.1) is 0 Å². The van der Waals surface area contributed by atoms with Gasteiger partial charge >= 0.3 is 0 Å². The number of amides is 2. The summed E-state index contributed by atoms with van der Waals surface area (Å²) in [6, 6.07) is -0.138. The second-order valence-corrected chi connectivity index (χ2v) is 5.53. The number of hydrogen-bond donors (Lipinski definition) is 2. The molecular formula is C13H20N2O5. The van der Waals surface area contributed by atoms with E-state index in [0.717, 1.165) is 6.92 Å². The molecule has 0 bridgehead atoms. The van der Waals surface area contributed by atoms with Crippen LogP contribution in [-0.4, -0.2) is 48.2 Å². The minimum atomic E-state index is -0.955. The molecule has 0 unspecified atom stereocenters. The van der Waals surface area contributed by atoms with Crippen molar-refractivity contribution in [1.29, 1.82) is 0 Å². The number of ether oxygens (including phenoxy) is 1. The van der Waals surface area contributed by atoms with Crippen molar-refractivity contribution in [3.63, 3.8) is 0 Å². The van der Waals surface area contributed by atoms with Crippen LogP contribution in [0.25, 0.3) is 0 Å². The van der Waals surface area contributed by atoms with Crippen molar-refractivity contribution < 1.29 is 23.9 Å². The Morgan fingerprint density at radius 3 is 2.35 bits per heavy atom. The van der Waals surface area contributed by atoms with E-state index in [-0.39, 0.29) is 12.5 Å². The number of nitrogens with one attached hydrogen (secondary N) is 2. The molecule has 112 valence electrons. The fraction of sp³-hybridized carbons (Fsp3) is 0.692. The molecule has 1 atom stereocenters. The Morgan fingerprint density at radius 1 is 1.20 bits per heavy atom. The van der Waals surface area contributed by atoms with Crippen molar-refractivity contribution >= 4 is 23.4 Å². The predicted octanol–water partition coefficient (Wildman–Crippen LogP) is -0.665. The summed E-state index contributed by atoms with van der Waals surface area (Å²) in [5, 5.41) is 5.01. The maximum atomic E-state index is 11.8. The fourth-order valence-corrected chi connectivity index (χ4v) is 1.84. The van der Waals surface area contributed by atoms with Crippen LogP contribution in [0.15, 0.2) is 0 Å². The van der Waals surface area contributed by atoms with E-state index >= 15 is 0 Å². The summed E-state index contributed by atoms with van der Waals surface area (Å²) in [6.07, 6.45) is 0.509. The van der Waals surface area contributed by atoms with E-state index in [2.05, 4.69) is 10.6 Å². The average Bonchev–Trinajstić information content (AvgIpc) is 2.80. The maximum absolute atomic E-state index is 11.8. The molecule has 1 aliphatic rings. The zero-order chi connectivity index (χ0) is 15.3. The van der Waals surface area contributed by atoms with Crippen LogP contribution in [0.3, 0.4) is 0 Å². The highest BCUT2D eigenvalue weighted by Gasteiger charge is 2.29. The van der Waals surface area contributed by atoms with E-state index in [0.29, 0.717) is 19.6 Å². The number of ketones is 2. The summed E-state index contributed by atoms with van der Waals surface area (Å²) in [5.74, 6) is -2.73. The van der Waals surface area contributed by atoms with Crippen LogP contribution in [0.5, 0.6) is 0 Å². The SMILES string of the molecule is CC(=O)C(=O)NC(C)(C)CC(=O)C(=O)N[C@@H]1CCOC1. The van der Waals surface area contributed by atoms with Crippen LogP contribution in [-0.2, 0) is 23.9 Å². The molecule has 1 fully saturated rings. The lowest BCUT2D eigenvalue weighted by Crippen LogP contribution is -2.49. The molecule has 0 aliphatic carbocycles. The number of carbonyl (C=O) groups excluding carboxylic acids is 4. The molecule has 1 rings (SSSR count). The average molecular weight is 284 g/mol. The van der Waals surface area contributed by atoms with Crippen molar-refractivity contribution in [2.24, 2.45) is 0 Å². The first-order valence-corrected chi connectivity index (χ1v) is 6.46. The Kier molecular flexibility index (Phi) is 5.38. The van der Waals surface area contributed by atoms with Crippen LogP contribution in [0.1, 0.15) is 33.6 Å². The molecule has 1 aliphatic heterocycles. The Hall–Kier alpha value is -1.76. The van der Waals surface area contributed by atoms with Gasteiger partial charge in [-0.15, -0.1) is 0 Å². The van der Waals surface area contributed by atoms with E-state index in [1.165, 1.54) is 0 Å². The molecule has 0 saturated carbocycles. The van der Waals surface area contributed by atoms with E-state index in [1.54, 1.807) is 13.8 Å². The highest BCUT2D eigenvalue weighted by molar-refractivity contribution is 6.37. The predicted molar refractivity (Wildman–Crippen MR) is 69.9 cm³/mol. The summed E-state index contributed by atoms with van der Waals surface area (Å²) in [5.41, 5.74) is -0.955. The van der Waals surface area contributed by atoms with Crippen molar-refractivity contribution in [2.75, 3.05) is 13.2 Å². The third-order valence-electron chi connectivity index (χ3n) is 2.89. The smallest absolute Gasteiger partial charge is 0.287 e. The first-order valence-electron chi connectivity index (χ1n) is 6.46. The highest BCUT2D eigenvalue weighted by Crippen LogP contribution is 2.10. The first kappa shape index (κ1) is 16.3. The molecule has 2 N–H and O–H groups in total. The molecule has 7 heteroatoms. The topological polar surface area (TPSA) is 102 Å². The molecule has 7 nitrogen and oxygen atoms in total. The van der Waals surface area contributed by atoms with Crippen molar-refractivity contribution in [3.05, 3.63) is 0 Å². The Morgan fingerprint density at radius 2 is 1.85 bits per heavy atom. The lowest BCUT2D eigenvalue weighted by atomic mass is 9.96. The summed E-state index contributed by atoms with van der Waals surface area (Å²) in [4.78, 5) is 45.7. The third kappa shape index (κ3) is 5.08. The number of rotatable bonds is 6. The molecule has 0 spiro atoms. The van der Waals surface area contributed by atoms with Crippen molar-refractivity contribution in [1.82, 2.24) is 10.6 Å². The van der Waals surface area contributed by atoms with Gasteiger partial charge in [-0.25, -0.2) is 0 Å². The fourth-order valence-electron chi connectivity index (χ4n) is 1.84. The zero-order valence-corrected chi connectivity index (χ0v) is 11.9. The van der Waals surface area contributed by atoms with Gasteiger partial charge < -0.3 is 15.4 Å². The molecular weight excluding hydrogens is 264 g/mol. The van der Waals surface area contributed by atoms with Gasteiger partial charge in [0.15, 0.2) is 0 Å². The zero-order valence-electron chi connectivity index (χ0n) is 11.9. The summed E-state index contributed by atoms with van der Waals surface area (Å²) in [6.45, 7) is 5.28. The lowest BCUT2D eigenvalue weighted by molar-refractivity contribution is -0.140. The molecule has 1 heterocycles. The van der Waals surface area contributed by atoms with Crippen LogP contribution in [0.4, 0.5) is 0 Å². The first-order chi connectivity index (χ1) is 9.21. The van der Waals surface area contributed by atoms with E-state index in [1.807, 2.05) is 0 Å². The molecule has 2 amide bonds. The van der Waals surface area contributed by atoms with Gasteiger partial charge in [-0.05, 0) is 20.3 Å². The standard InChI is InChI=1S/C13H20N2O5/c1-8(16)11(18)15-13(2,3)6-10(17)12(19)14-9-4-5-20-7-9/h9H,4-7H2,1-3H3,(H,14,19)(H,15,18)/t9-/m1/s1. The highest BCUT2D eigenvalue weighted by atomic mass is 16.5. The monoisotopic (exact) mass is 284 g/mol. The summed E-state index contributed by atoms with van der Waals surface area (Å²) in [7, 11) is 0. The van der Waals surface area contributed by atoms with Gasteiger partial charge in [-0.1, -0.05) is 0 Å². The molecule has 20 heavy (non-hydrogen) atoms. The van der Waals surface area contributed by atoms with Crippen molar-refractivity contribution in [2.45, 2.75) is 45.2 Å². The van der Waals surface area contributed by atoms with Gasteiger partial charge in [-0.3, -0.25) is 19.2 Å². The van der Waals surface area contributed by atoms with Crippen LogP contribution in [0.2, 0.25) is 0 Å². The Labute approximate surface area is 117 Å². The van der Waals surface area contributed by atoms with Gasteiger partial charge in [-0.2, -0.15) is 0 Å². The normalized spacial score (nSPS) is 18.4. The van der Waals surface area contributed by atoms with Gasteiger partial charge in [0, 0.05) is 25.5 Å². The number of Topliss-reactive ketones (excluding diaryl/α,β-unsaturated/α-hetero) is 2. The minimum Gasteiger partial charge on any atom is -0.379 e. The largest absolute Gasteiger partial charge is 0.379 e. The number of carbonyl (C=O) groups is 4. The molecule has 1 saturated heterocycles. The van der Waals surface area contributed by atoms with Gasteiger partial charge in [0.2, 0.25) is 11.6 Å². The molecule has 0 aromatic carbocycles. The Balaban J connectivity index is 2.48. The number of hydrogen-bond acceptors (Lipinski definition) is 5. The van der Waals surface area contributed by atoms with Crippen LogP contribution >= 0.6 is 0 Å². The molecule has 0 aromatic rings. The Bertz CT molecular complexity index is 424. The second kappa shape index (κ2) is 6.60. The van der Waals surface area contributed by atoms with Gasteiger partial charge in [0.05, 0.1) is 12.6 Å². The summed E-state index contributed by atoms with van der Waals surface area (Å²) >= 11 is 0. The molecule has 0 aromatic heterocycles.